The fourth-order valence-corrected chi connectivity index (χ4v) is 4.62. The zero-order chi connectivity index (χ0) is 23.5. The van der Waals surface area contributed by atoms with Crippen LogP contribution in [0, 0.1) is 18.3 Å². The highest BCUT2D eigenvalue weighted by atomic mass is 32.1. The predicted octanol–water partition coefficient (Wildman–Crippen LogP) is 3.50. The lowest BCUT2D eigenvalue weighted by molar-refractivity contribution is 0.0564. The van der Waals surface area contributed by atoms with Crippen LogP contribution in [0.4, 0.5) is 9.93 Å². The molecule has 0 spiro atoms. The van der Waals surface area contributed by atoms with Crippen LogP contribution >= 0.6 is 11.3 Å². The second kappa shape index (κ2) is 9.38. The number of anilines is 1. The van der Waals surface area contributed by atoms with Gasteiger partial charge < -0.3 is 9.64 Å². The number of morpholine rings is 1. The maximum atomic E-state index is 12.7. The minimum absolute atomic E-state index is 0.213. The SMILES string of the molecule is Cc1cc(-c2sc(NC(=O)N3CCOCC3)nc2-c2cccc(C#N)c2)cnc1-n1nccn1. The number of pyridine rings is 1. The molecule has 4 heterocycles. The van der Waals surface area contributed by atoms with Crippen molar-refractivity contribution in [1.82, 2.24) is 29.9 Å². The number of ether oxygens (including phenoxy) is 1. The zero-order valence-electron chi connectivity index (χ0n) is 18.3. The van der Waals surface area contributed by atoms with E-state index in [-0.39, 0.29) is 6.03 Å². The number of hydrogen-bond donors (Lipinski definition) is 1. The van der Waals surface area contributed by atoms with Gasteiger partial charge in [-0.2, -0.15) is 15.5 Å². The molecule has 0 atom stereocenters. The molecule has 5 rings (SSSR count). The molecule has 0 saturated carbocycles. The Morgan fingerprint density at radius 3 is 2.71 bits per heavy atom. The second-order valence-corrected chi connectivity index (χ2v) is 8.60. The van der Waals surface area contributed by atoms with E-state index < -0.39 is 0 Å². The molecular weight excluding hydrogens is 452 g/mol. The number of aromatic nitrogens is 5. The monoisotopic (exact) mass is 472 g/mol. The molecule has 0 bridgehead atoms. The van der Waals surface area contributed by atoms with Crippen molar-refractivity contribution in [3.8, 4) is 33.6 Å². The van der Waals surface area contributed by atoms with E-state index in [1.165, 1.54) is 16.1 Å². The van der Waals surface area contributed by atoms with E-state index in [0.717, 1.165) is 21.6 Å². The number of carbonyl (C=O) groups is 1. The Morgan fingerprint density at radius 2 is 1.97 bits per heavy atom. The molecule has 1 fully saturated rings. The lowest BCUT2D eigenvalue weighted by atomic mass is 10.0. The third-order valence-electron chi connectivity index (χ3n) is 5.33. The molecular formula is C23H20N8O2S. The first-order chi connectivity index (χ1) is 16.6. The Balaban J connectivity index is 1.54. The van der Waals surface area contributed by atoms with Crippen LogP contribution in [-0.4, -0.2) is 62.2 Å². The van der Waals surface area contributed by atoms with E-state index >= 15 is 0 Å². The fraction of sp³-hybridized carbons (Fsp3) is 0.217. The first kappa shape index (κ1) is 21.7. The summed E-state index contributed by atoms with van der Waals surface area (Å²) in [6.07, 6.45) is 4.94. The van der Waals surface area contributed by atoms with Gasteiger partial charge in [0.1, 0.15) is 0 Å². The summed E-state index contributed by atoms with van der Waals surface area (Å²) in [5.41, 5.74) is 3.72. The van der Waals surface area contributed by atoms with Crippen molar-refractivity contribution < 1.29 is 9.53 Å². The van der Waals surface area contributed by atoms with Crippen LogP contribution < -0.4 is 5.32 Å². The molecule has 0 radical (unpaired) electrons. The first-order valence-corrected chi connectivity index (χ1v) is 11.4. The largest absolute Gasteiger partial charge is 0.378 e. The summed E-state index contributed by atoms with van der Waals surface area (Å²) in [5.74, 6) is 0.632. The molecule has 1 aromatic carbocycles. The quantitative estimate of drug-likeness (QED) is 0.482. The highest BCUT2D eigenvalue weighted by molar-refractivity contribution is 7.19. The highest BCUT2D eigenvalue weighted by Crippen LogP contribution is 2.39. The third kappa shape index (κ3) is 4.36. The second-order valence-electron chi connectivity index (χ2n) is 7.60. The zero-order valence-corrected chi connectivity index (χ0v) is 19.1. The molecule has 170 valence electrons. The number of amides is 2. The van der Waals surface area contributed by atoms with Gasteiger partial charge in [-0.05, 0) is 30.7 Å². The summed E-state index contributed by atoms with van der Waals surface area (Å²) in [7, 11) is 0. The van der Waals surface area contributed by atoms with Gasteiger partial charge in [-0.1, -0.05) is 23.5 Å². The van der Waals surface area contributed by atoms with Crippen molar-refractivity contribution in [3.63, 3.8) is 0 Å². The van der Waals surface area contributed by atoms with Crippen LogP contribution in [0.25, 0.3) is 27.5 Å². The Morgan fingerprint density at radius 1 is 1.18 bits per heavy atom. The standard InChI is InChI=1S/C23H20N8O2S/c1-15-11-18(14-25-21(15)31-26-5-6-27-31)20-19(17-4-2-3-16(12-17)13-24)28-22(34-20)29-23(32)30-7-9-33-10-8-30/h2-6,11-12,14H,7-10H2,1H3,(H,28,29,32). The van der Waals surface area contributed by atoms with E-state index in [1.54, 1.807) is 35.6 Å². The van der Waals surface area contributed by atoms with Crippen molar-refractivity contribution in [2.24, 2.45) is 0 Å². The Hall–Kier alpha value is -4.14. The van der Waals surface area contributed by atoms with Gasteiger partial charge in [-0.25, -0.2) is 14.8 Å². The van der Waals surface area contributed by atoms with Crippen molar-refractivity contribution in [1.29, 1.82) is 5.26 Å². The molecule has 4 aromatic rings. The minimum Gasteiger partial charge on any atom is -0.378 e. The molecule has 0 aliphatic carbocycles. The topological polar surface area (TPSA) is 122 Å². The van der Waals surface area contributed by atoms with Crippen molar-refractivity contribution >= 4 is 22.5 Å². The first-order valence-electron chi connectivity index (χ1n) is 10.6. The molecule has 11 heteroatoms. The molecule has 2 amide bonds. The number of rotatable bonds is 4. The number of nitrogens with one attached hydrogen (secondary N) is 1. The van der Waals surface area contributed by atoms with Gasteiger partial charge in [-0.15, -0.1) is 4.80 Å². The van der Waals surface area contributed by atoms with Gasteiger partial charge in [-0.3, -0.25) is 5.32 Å². The van der Waals surface area contributed by atoms with Crippen LogP contribution in [-0.2, 0) is 4.74 Å². The van der Waals surface area contributed by atoms with E-state index in [9.17, 15) is 10.1 Å². The minimum atomic E-state index is -0.213. The maximum Gasteiger partial charge on any atom is 0.323 e. The van der Waals surface area contributed by atoms with Gasteiger partial charge in [0.15, 0.2) is 10.9 Å². The molecule has 1 aliphatic rings. The summed E-state index contributed by atoms with van der Waals surface area (Å²) in [6, 6.07) is 11.2. The van der Waals surface area contributed by atoms with Crippen molar-refractivity contribution in [2.45, 2.75) is 6.92 Å². The van der Waals surface area contributed by atoms with E-state index in [2.05, 4.69) is 26.6 Å². The molecule has 1 aliphatic heterocycles. The average Bonchev–Trinajstić information content (AvgIpc) is 3.55. The molecule has 1 N–H and O–H groups in total. The summed E-state index contributed by atoms with van der Waals surface area (Å²) in [4.78, 5) is 26.1. The molecule has 10 nitrogen and oxygen atoms in total. The molecule has 34 heavy (non-hydrogen) atoms. The van der Waals surface area contributed by atoms with Crippen LogP contribution in [0.3, 0.4) is 0 Å². The number of aryl methyl sites for hydroxylation is 1. The van der Waals surface area contributed by atoms with Gasteiger partial charge >= 0.3 is 6.03 Å². The summed E-state index contributed by atoms with van der Waals surface area (Å²) >= 11 is 1.36. The Bertz CT molecular complexity index is 1370. The van der Waals surface area contributed by atoms with Crippen molar-refractivity contribution in [2.75, 3.05) is 31.6 Å². The normalized spacial score (nSPS) is 13.5. The smallest absolute Gasteiger partial charge is 0.323 e. The van der Waals surface area contributed by atoms with Gasteiger partial charge in [0.25, 0.3) is 0 Å². The lowest BCUT2D eigenvalue weighted by Crippen LogP contribution is -2.43. The third-order valence-corrected chi connectivity index (χ3v) is 6.35. The number of carbonyl (C=O) groups excluding carboxylic acids is 1. The number of nitrogens with zero attached hydrogens (tertiary/aromatic N) is 7. The van der Waals surface area contributed by atoms with Crippen LogP contribution in [0.1, 0.15) is 11.1 Å². The summed E-state index contributed by atoms with van der Waals surface area (Å²) < 4.78 is 5.33. The number of hydrogen-bond acceptors (Lipinski definition) is 8. The molecule has 3 aromatic heterocycles. The predicted molar refractivity (Wildman–Crippen MR) is 127 cm³/mol. The van der Waals surface area contributed by atoms with E-state index in [1.807, 2.05) is 25.1 Å². The summed E-state index contributed by atoms with van der Waals surface area (Å²) in [6.45, 7) is 4.05. The van der Waals surface area contributed by atoms with E-state index in [4.69, 9.17) is 9.72 Å². The van der Waals surface area contributed by atoms with Gasteiger partial charge in [0.2, 0.25) is 0 Å². The van der Waals surface area contributed by atoms with Gasteiger partial charge in [0.05, 0.1) is 47.8 Å². The molecule has 1 saturated heterocycles. The lowest BCUT2D eigenvalue weighted by Gasteiger charge is -2.26. The number of benzene rings is 1. The number of urea groups is 1. The van der Waals surface area contributed by atoms with E-state index in [0.29, 0.717) is 48.5 Å². The van der Waals surface area contributed by atoms with Gasteiger partial charge in [0, 0.05) is 30.4 Å². The highest BCUT2D eigenvalue weighted by Gasteiger charge is 2.21. The number of thiazole rings is 1. The van der Waals surface area contributed by atoms with Crippen LogP contribution in [0.2, 0.25) is 0 Å². The van der Waals surface area contributed by atoms with Crippen LogP contribution in [0.5, 0.6) is 0 Å². The maximum absolute atomic E-state index is 12.7. The Kier molecular flexibility index (Phi) is 5.99. The van der Waals surface area contributed by atoms with Crippen molar-refractivity contribution in [3.05, 3.63) is 60.0 Å². The Labute approximate surface area is 199 Å². The molecule has 0 unspecified atom stereocenters. The number of nitriles is 1. The fourth-order valence-electron chi connectivity index (χ4n) is 3.66. The summed E-state index contributed by atoms with van der Waals surface area (Å²) in [5, 5.41) is 21.1. The average molecular weight is 473 g/mol. The van der Waals surface area contributed by atoms with Crippen LogP contribution in [0.15, 0.2) is 48.9 Å².